The zero-order chi connectivity index (χ0) is 13.7. The molecule has 1 amide bonds. The fourth-order valence-electron chi connectivity index (χ4n) is 1.50. The van der Waals surface area contributed by atoms with Crippen LogP contribution in [-0.4, -0.2) is 5.91 Å². The zero-order valence-electron chi connectivity index (χ0n) is 9.92. The van der Waals surface area contributed by atoms with Gasteiger partial charge in [-0.05, 0) is 35.7 Å². The molecule has 0 unspecified atom stereocenters. The molecule has 5 nitrogen and oxygen atoms in total. The van der Waals surface area contributed by atoms with Crippen molar-refractivity contribution in [2.75, 3.05) is 0 Å². The summed E-state index contributed by atoms with van der Waals surface area (Å²) in [5, 5.41) is 10.5. The van der Waals surface area contributed by atoms with Gasteiger partial charge >= 0.3 is 0 Å². The number of nitrogens with zero attached hydrogens (tertiary/aromatic N) is 1. The highest BCUT2D eigenvalue weighted by Gasteiger charge is 2.12. The first-order chi connectivity index (χ1) is 9.24. The minimum atomic E-state index is -0.326. The van der Waals surface area contributed by atoms with Crippen molar-refractivity contribution in [2.45, 2.75) is 6.61 Å². The van der Waals surface area contributed by atoms with Gasteiger partial charge in [-0.15, -0.1) is 11.3 Å². The van der Waals surface area contributed by atoms with Crippen molar-refractivity contribution < 1.29 is 9.53 Å². The maximum absolute atomic E-state index is 11.5. The molecule has 0 atom stereocenters. The predicted molar refractivity (Wildman–Crippen MR) is 71.5 cm³/mol. The number of amides is 1. The summed E-state index contributed by atoms with van der Waals surface area (Å²) in [6.07, 6.45) is 0. The number of rotatable bonds is 4. The lowest BCUT2D eigenvalue weighted by Gasteiger charge is -2.06. The van der Waals surface area contributed by atoms with E-state index in [9.17, 15) is 4.79 Å². The third kappa shape index (κ3) is 3.10. The summed E-state index contributed by atoms with van der Waals surface area (Å²) in [4.78, 5) is 12.0. The van der Waals surface area contributed by atoms with Gasteiger partial charge in [-0.2, -0.15) is 5.26 Å². The number of benzene rings is 1. The monoisotopic (exact) mass is 273 g/mol. The Labute approximate surface area is 114 Å². The molecule has 0 saturated carbocycles. The highest BCUT2D eigenvalue weighted by atomic mass is 32.1. The Kier molecular flexibility index (Phi) is 4.13. The van der Waals surface area contributed by atoms with E-state index in [-0.39, 0.29) is 12.5 Å². The van der Waals surface area contributed by atoms with Crippen LogP contribution in [0.4, 0.5) is 0 Å². The molecular weight excluding hydrogens is 262 g/mol. The molecule has 2 aromatic rings. The van der Waals surface area contributed by atoms with Crippen LogP contribution >= 0.6 is 11.3 Å². The number of carbonyl (C=O) groups is 1. The normalized spacial score (nSPS) is 9.68. The molecule has 2 rings (SSSR count). The maximum atomic E-state index is 11.5. The molecule has 0 aliphatic carbocycles. The number of hydrazine groups is 1. The third-order valence-electron chi connectivity index (χ3n) is 2.46. The van der Waals surface area contributed by atoms with E-state index in [1.54, 1.807) is 24.3 Å². The van der Waals surface area contributed by atoms with E-state index in [4.69, 9.17) is 15.8 Å². The molecule has 0 aliphatic rings. The number of nitriles is 1. The molecular formula is C13H11N3O2S. The molecule has 1 aromatic carbocycles. The molecule has 3 N–H and O–H groups in total. The van der Waals surface area contributed by atoms with Crippen molar-refractivity contribution in [1.29, 1.82) is 5.26 Å². The quantitative estimate of drug-likeness (QED) is 0.505. The third-order valence-corrected chi connectivity index (χ3v) is 3.42. The largest absolute Gasteiger partial charge is 0.489 e. The number of carbonyl (C=O) groups excluding carboxylic acids is 1. The summed E-state index contributed by atoms with van der Waals surface area (Å²) in [6.45, 7) is 0.276. The Morgan fingerprint density at radius 1 is 1.37 bits per heavy atom. The molecule has 0 aliphatic heterocycles. The molecule has 0 saturated heterocycles. The summed E-state index contributed by atoms with van der Waals surface area (Å²) in [5.74, 6) is 5.42. The Morgan fingerprint density at radius 3 is 2.74 bits per heavy atom. The first-order valence-electron chi connectivity index (χ1n) is 5.45. The van der Waals surface area contributed by atoms with Crippen molar-refractivity contribution >= 4 is 17.2 Å². The van der Waals surface area contributed by atoms with Crippen LogP contribution in [0.5, 0.6) is 5.75 Å². The van der Waals surface area contributed by atoms with Crippen molar-refractivity contribution in [1.82, 2.24) is 5.43 Å². The topological polar surface area (TPSA) is 88.1 Å². The average Bonchev–Trinajstić information content (AvgIpc) is 2.93. The minimum Gasteiger partial charge on any atom is -0.489 e. The number of ether oxygens (including phenoxy) is 1. The van der Waals surface area contributed by atoms with E-state index in [0.29, 0.717) is 16.2 Å². The molecule has 1 aromatic heterocycles. The Hall–Kier alpha value is -2.36. The van der Waals surface area contributed by atoms with Gasteiger partial charge in [0.1, 0.15) is 12.4 Å². The first-order valence-corrected chi connectivity index (χ1v) is 6.33. The average molecular weight is 273 g/mol. The second-order valence-electron chi connectivity index (χ2n) is 3.67. The molecule has 1 heterocycles. The highest BCUT2D eigenvalue weighted by Crippen LogP contribution is 2.19. The minimum absolute atomic E-state index is 0.276. The number of thiophene rings is 1. The number of nitrogens with one attached hydrogen (secondary N) is 1. The second kappa shape index (κ2) is 6.00. The molecule has 0 bridgehead atoms. The van der Waals surface area contributed by atoms with Gasteiger partial charge in [0.2, 0.25) is 0 Å². The van der Waals surface area contributed by atoms with Gasteiger partial charge in [-0.25, -0.2) is 5.84 Å². The van der Waals surface area contributed by atoms with Gasteiger partial charge in [0.25, 0.3) is 5.91 Å². The van der Waals surface area contributed by atoms with Gasteiger partial charge in [-0.1, -0.05) is 0 Å². The van der Waals surface area contributed by atoms with Gasteiger partial charge in [0.05, 0.1) is 16.5 Å². The lowest BCUT2D eigenvalue weighted by atomic mass is 10.2. The Balaban J connectivity index is 2.04. The van der Waals surface area contributed by atoms with Crippen LogP contribution in [0.2, 0.25) is 0 Å². The smallest absolute Gasteiger partial charge is 0.275 e. The Bertz CT molecular complexity index is 614. The summed E-state index contributed by atoms with van der Waals surface area (Å²) >= 11 is 1.31. The van der Waals surface area contributed by atoms with Crippen LogP contribution in [0, 0.1) is 11.3 Å². The molecule has 0 radical (unpaired) electrons. The lowest BCUT2D eigenvalue weighted by Crippen LogP contribution is -2.30. The lowest BCUT2D eigenvalue weighted by molar-refractivity contribution is 0.0955. The molecule has 0 fully saturated rings. The summed E-state index contributed by atoms with van der Waals surface area (Å²) in [6, 6.07) is 10.6. The number of hydrogen-bond donors (Lipinski definition) is 2. The van der Waals surface area contributed by atoms with E-state index in [2.05, 4.69) is 5.43 Å². The van der Waals surface area contributed by atoms with E-state index in [1.807, 2.05) is 17.5 Å². The predicted octanol–water partition coefficient (Wildman–Crippen LogP) is 1.80. The van der Waals surface area contributed by atoms with E-state index >= 15 is 0 Å². The van der Waals surface area contributed by atoms with Crippen molar-refractivity contribution in [2.24, 2.45) is 5.84 Å². The van der Waals surface area contributed by atoms with Crippen LogP contribution < -0.4 is 16.0 Å². The summed E-state index contributed by atoms with van der Waals surface area (Å²) in [5.41, 5.74) is 3.45. The highest BCUT2D eigenvalue weighted by molar-refractivity contribution is 7.12. The van der Waals surface area contributed by atoms with Crippen molar-refractivity contribution in [3.05, 3.63) is 51.7 Å². The SMILES string of the molecule is N#Cc1ccc(OCc2ccsc2C(=O)NN)cc1. The van der Waals surface area contributed by atoms with Gasteiger partial charge in [0, 0.05) is 5.56 Å². The molecule has 19 heavy (non-hydrogen) atoms. The second-order valence-corrected chi connectivity index (χ2v) is 4.59. The van der Waals surface area contributed by atoms with Crippen LogP contribution in [-0.2, 0) is 6.61 Å². The number of nitrogen functional groups attached to an aromatic ring is 1. The van der Waals surface area contributed by atoms with E-state index in [1.165, 1.54) is 11.3 Å². The zero-order valence-corrected chi connectivity index (χ0v) is 10.7. The van der Waals surface area contributed by atoms with Gasteiger partial charge in [-0.3, -0.25) is 10.2 Å². The van der Waals surface area contributed by atoms with Crippen molar-refractivity contribution in [3.63, 3.8) is 0 Å². The summed E-state index contributed by atoms with van der Waals surface area (Å²) in [7, 11) is 0. The van der Waals surface area contributed by atoms with Crippen LogP contribution in [0.15, 0.2) is 35.7 Å². The van der Waals surface area contributed by atoms with E-state index in [0.717, 1.165) is 5.56 Å². The molecule has 6 heteroatoms. The van der Waals surface area contributed by atoms with E-state index < -0.39 is 0 Å². The number of hydrogen-bond acceptors (Lipinski definition) is 5. The fraction of sp³-hybridized carbons (Fsp3) is 0.0769. The van der Waals surface area contributed by atoms with Gasteiger partial charge in [0.15, 0.2) is 0 Å². The van der Waals surface area contributed by atoms with Crippen LogP contribution in [0.1, 0.15) is 20.8 Å². The first kappa shape index (κ1) is 13.1. The van der Waals surface area contributed by atoms with Crippen molar-refractivity contribution in [3.8, 4) is 11.8 Å². The van der Waals surface area contributed by atoms with Crippen LogP contribution in [0.3, 0.4) is 0 Å². The standard InChI is InChI=1S/C13H11N3O2S/c14-7-9-1-3-11(4-2-9)18-8-10-5-6-19-12(10)13(17)16-15/h1-6H,8,15H2,(H,16,17). The van der Waals surface area contributed by atoms with Crippen LogP contribution in [0.25, 0.3) is 0 Å². The Morgan fingerprint density at radius 2 is 2.11 bits per heavy atom. The van der Waals surface area contributed by atoms with Gasteiger partial charge < -0.3 is 4.74 Å². The summed E-state index contributed by atoms with van der Waals surface area (Å²) < 4.78 is 5.56. The number of nitrogens with two attached hydrogens (primary N) is 1. The maximum Gasteiger partial charge on any atom is 0.275 e. The molecule has 96 valence electrons. The fourth-order valence-corrected chi connectivity index (χ4v) is 2.31. The molecule has 0 spiro atoms.